The number of hydrogen-bond donors (Lipinski definition) is 0. The topological polar surface area (TPSA) is 40.6 Å². The van der Waals surface area contributed by atoms with Gasteiger partial charge in [-0.25, -0.2) is 8.42 Å². The van der Waals surface area contributed by atoms with E-state index in [-0.39, 0.29) is 0 Å². The van der Waals surface area contributed by atoms with Gasteiger partial charge in [0.15, 0.2) is 0 Å². The molecular weight excluding hydrogens is 320 g/mol. The van der Waals surface area contributed by atoms with Gasteiger partial charge in [-0.15, -0.1) is 0 Å². The van der Waals surface area contributed by atoms with Crippen LogP contribution >= 0.6 is 0 Å². The summed E-state index contributed by atoms with van der Waals surface area (Å²) in [7, 11) is -3.34. The van der Waals surface area contributed by atoms with E-state index in [4.69, 9.17) is 0 Å². The van der Waals surface area contributed by atoms with Crippen LogP contribution in [0.5, 0.6) is 0 Å². The van der Waals surface area contributed by atoms with Gasteiger partial charge in [0.2, 0.25) is 10.0 Å². The van der Waals surface area contributed by atoms with Crippen molar-refractivity contribution in [2.24, 2.45) is 5.92 Å². The fourth-order valence-corrected chi connectivity index (χ4v) is 5.67. The lowest BCUT2D eigenvalue weighted by Crippen LogP contribution is -2.49. The lowest BCUT2D eigenvalue weighted by Gasteiger charge is -2.35. The highest BCUT2D eigenvalue weighted by Crippen LogP contribution is 2.27. The van der Waals surface area contributed by atoms with Gasteiger partial charge in [0, 0.05) is 26.2 Å². The van der Waals surface area contributed by atoms with Gasteiger partial charge < -0.3 is 4.90 Å². The third-order valence-corrected chi connectivity index (χ3v) is 7.68. The Morgan fingerprint density at radius 1 is 1.00 bits per heavy atom. The van der Waals surface area contributed by atoms with Gasteiger partial charge in [0.1, 0.15) is 0 Å². The largest absolute Gasteiger partial charge is 0.301 e. The summed E-state index contributed by atoms with van der Waals surface area (Å²) >= 11 is 0. The monoisotopic (exact) mass is 350 g/mol. The molecule has 2 fully saturated rings. The molecule has 0 spiro atoms. The molecule has 1 aromatic carbocycles. The summed E-state index contributed by atoms with van der Waals surface area (Å²) in [5.41, 5.74) is 0.831. The van der Waals surface area contributed by atoms with Crippen LogP contribution in [0.15, 0.2) is 29.2 Å². The molecule has 4 nitrogen and oxygen atoms in total. The van der Waals surface area contributed by atoms with Crippen LogP contribution in [0, 0.1) is 12.8 Å². The highest BCUT2D eigenvalue weighted by Gasteiger charge is 2.29. The zero-order chi connectivity index (χ0) is 17.0. The molecule has 0 N–H and O–H groups in total. The smallest absolute Gasteiger partial charge is 0.243 e. The lowest BCUT2D eigenvalue weighted by atomic mass is 9.87. The van der Waals surface area contributed by atoms with Crippen LogP contribution in [0.2, 0.25) is 0 Å². The molecule has 0 radical (unpaired) electrons. The van der Waals surface area contributed by atoms with Gasteiger partial charge in [0.05, 0.1) is 4.90 Å². The van der Waals surface area contributed by atoms with Gasteiger partial charge in [0.25, 0.3) is 0 Å². The predicted molar refractivity (Wildman–Crippen MR) is 97.6 cm³/mol. The Bertz CT molecular complexity index is 631. The van der Waals surface area contributed by atoms with E-state index in [0.29, 0.717) is 18.0 Å². The molecule has 134 valence electrons. The van der Waals surface area contributed by atoms with Crippen LogP contribution in [0.1, 0.15) is 44.1 Å². The van der Waals surface area contributed by atoms with E-state index in [9.17, 15) is 8.42 Å². The predicted octanol–water partition coefficient (Wildman–Crippen LogP) is 3.27. The van der Waals surface area contributed by atoms with Crippen LogP contribution in [0.4, 0.5) is 0 Å². The standard InChI is InChI=1S/C19H30N2O2S/c1-17-7-5-6-10-19(17)24(22,23)21-15-13-20(14-16-21)12-11-18-8-3-2-4-9-18/h5-7,10,18H,2-4,8-9,11-16H2,1H3. The van der Waals surface area contributed by atoms with Crippen molar-refractivity contribution in [2.75, 3.05) is 32.7 Å². The van der Waals surface area contributed by atoms with E-state index < -0.39 is 10.0 Å². The minimum Gasteiger partial charge on any atom is -0.301 e. The van der Waals surface area contributed by atoms with Crippen LogP contribution in [-0.4, -0.2) is 50.3 Å². The number of aryl methyl sites for hydroxylation is 1. The maximum atomic E-state index is 12.8. The van der Waals surface area contributed by atoms with Gasteiger partial charge in [-0.3, -0.25) is 0 Å². The average molecular weight is 351 g/mol. The van der Waals surface area contributed by atoms with Gasteiger partial charge in [-0.1, -0.05) is 50.3 Å². The van der Waals surface area contributed by atoms with Crippen LogP contribution in [0.3, 0.4) is 0 Å². The molecule has 0 aromatic heterocycles. The molecule has 0 atom stereocenters. The van der Waals surface area contributed by atoms with E-state index in [0.717, 1.165) is 31.1 Å². The lowest BCUT2D eigenvalue weighted by molar-refractivity contribution is 0.171. The Labute approximate surface area is 146 Å². The Balaban J connectivity index is 1.52. The first-order valence-corrected chi connectivity index (χ1v) is 10.8. The summed E-state index contributed by atoms with van der Waals surface area (Å²) in [6, 6.07) is 7.28. The Kier molecular flexibility index (Phi) is 5.95. The third kappa shape index (κ3) is 4.19. The molecule has 0 unspecified atom stereocenters. The molecule has 1 saturated heterocycles. The summed E-state index contributed by atoms with van der Waals surface area (Å²) in [6.45, 7) is 5.94. The summed E-state index contributed by atoms with van der Waals surface area (Å²) < 4.78 is 27.3. The first-order valence-electron chi connectivity index (χ1n) is 9.35. The third-order valence-electron chi connectivity index (χ3n) is 5.62. The first kappa shape index (κ1) is 17.9. The molecule has 24 heavy (non-hydrogen) atoms. The van der Waals surface area contributed by atoms with Crippen molar-refractivity contribution in [3.63, 3.8) is 0 Å². The maximum Gasteiger partial charge on any atom is 0.243 e. The molecule has 1 aliphatic heterocycles. The molecule has 1 heterocycles. The van der Waals surface area contributed by atoms with E-state index in [1.165, 1.54) is 38.5 Å². The van der Waals surface area contributed by atoms with Crippen molar-refractivity contribution < 1.29 is 8.42 Å². The summed E-state index contributed by atoms with van der Waals surface area (Å²) in [5, 5.41) is 0. The maximum absolute atomic E-state index is 12.8. The number of nitrogens with zero attached hydrogens (tertiary/aromatic N) is 2. The molecule has 3 rings (SSSR count). The van der Waals surface area contributed by atoms with Crippen LogP contribution in [0.25, 0.3) is 0 Å². The minimum absolute atomic E-state index is 0.459. The Morgan fingerprint density at radius 3 is 2.33 bits per heavy atom. The zero-order valence-corrected chi connectivity index (χ0v) is 15.6. The SMILES string of the molecule is Cc1ccccc1S(=O)(=O)N1CCN(CCC2CCCCC2)CC1. The normalized spacial score (nSPS) is 21.9. The number of piperazine rings is 1. The summed E-state index contributed by atoms with van der Waals surface area (Å²) in [4.78, 5) is 2.90. The second-order valence-corrected chi connectivity index (χ2v) is 9.21. The molecule has 2 aliphatic rings. The number of sulfonamides is 1. The number of hydrogen-bond acceptors (Lipinski definition) is 3. The molecule has 0 amide bonds. The van der Waals surface area contributed by atoms with Crippen molar-refractivity contribution in [1.29, 1.82) is 0 Å². The molecule has 1 saturated carbocycles. The van der Waals surface area contributed by atoms with Gasteiger partial charge in [-0.05, 0) is 37.4 Å². The summed E-state index contributed by atoms with van der Waals surface area (Å²) in [5.74, 6) is 0.896. The van der Waals surface area contributed by atoms with Crippen molar-refractivity contribution in [3.05, 3.63) is 29.8 Å². The van der Waals surface area contributed by atoms with Crippen LogP contribution < -0.4 is 0 Å². The Hall–Kier alpha value is -0.910. The van der Waals surface area contributed by atoms with E-state index in [1.807, 2.05) is 19.1 Å². The fourth-order valence-electron chi connectivity index (χ4n) is 4.02. The molecule has 1 aromatic rings. The molecular formula is C19H30N2O2S. The number of benzene rings is 1. The van der Waals surface area contributed by atoms with Crippen molar-refractivity contribution in [3.8, 4) is 0 Å². The second-order valence-electron chi connectivity index (χ2n) is 7.30. The molecule has 0 bridgehead atoms. The fraction of sp³-hybridized carbons (Fsp3) is 0.684. The van der Waals surface area contributed by atoms with E-state index in [2.05, 4.69) is 4.90 Å². The van der Waals surface area contributed by atoms with Gasteiger partial charge >= 0.3 is 0 Å². The summed E-state index contributed by atoms with van der Waals surface area (Å²) in [6.07, 6.45) is 8.26. The first-order chi connectivity index (χ1) is 11.6. The van der Waals surface area contributed by atoms with Crippen LogP contribution in [-0.2, 0) is 10.0 Å². The van der Waals surface area contributed by atoms with Crippen molar-refractivity contribution in [1.82, 2.24) is 9.21 Å². The Morgan fingerprint density at radius 2 is 1.67 bits per heavy atom. The number of rotatable bonds is 5. The van der Waals surface area contributed by atoms with Crippen molar-refractivity contribution >= 4 is 10.0 Å². The highest BCUT2D eigenvalue weighted by atomic mass is 32.2. The van der Waals surface area contributed by atoms with Gasteiger partial charge in [-0.2, -0.15) is 4.31 Å². The highest BCUT2D eigenvalue weighted by molar-refractivity contribution is 7.89. The molecule has 5 heteroatoms. The minimum atomic E-state index is -3.34. The second kappa shape index (κ2) is 7.98. The molecule has 1 aliphatic carbocycles. The quantitative estimate of drug-likeness (QED) is 0.818. The van der Waals surface area contributed by atoms with E-state index in [1.54, 1.807) is 16.4 Å². The van der Waals surface area contributed by atoms with E-state index >= 15 is 0 Å². The average Bonchev–Trinajstić information content (AvgIpc) is 2.61. The zero-order valence-electron chi connectivity index (χ0n) is 14.8. The van der Waals surface area contributed by atoms with Crippen molar-refractivity contribution in [2.45, 2.75) is 50.3 Å².